The van der Waals surface area contributed by atoms with E-state index in [-0.39, 0.29) is 6.03 Å². The number of amides is 2. The van der Waals surface area contributed by atoms with Crippen LogP contribution in [-0.2, 0) is 4.79 Å². The predicted molar refractivity (Wildman–Crippen MR) is 68.5 cm³/mol. The molecule has 0 aromatic carbocycles. The number of hydrogen-bond donors (Lipinski definition) is 2. The minimum atomic E-state index is -0.980. The van der Waals surface area contributed by atoms with Crippen molar-refractivity contribution in [2.45, 2.75) is 39.3 Å². The van der Waals surface area contributed by atoms with Crippen molar-refractivity contribution in [2.24, 2.45) is 0 Å². The Hall–Kier alpha value is -1.30. The molecule has 1 aliphatic rings. The van der Waals surface area contributed by atoms with E-state index in [0.717, 1.165) is 13.1 Å². The molecule has 0 spiro atoms. The first-order chi connectivity index (χ1) is 8.49. The van der Waals surface area contributed by atoms with Gasteiger partial charge in [-0.05, 0) is 19.9 Å². The molecule has 2 atom stereocenters. The van der Waals surface area contributed by atoms with E-state index in [0.29, 0.717) is 25.6 Å². The first kappa shape index (κ1) is 14.8. The molecule has 0 radical (unpaired) electrons. The molecule has 0 aromatic rings. The van der Waals surface area contributed by atoms with Crippen LogP contribution in [0.4, 0.5) is 4.79 Å². The molecule has 1 heterocycles. The summed E-state index contributed by atoms with van der Waals surface area (Å²) in [7, 11) is 0. The Morgan fingerprint density at radius 1 is 1.39 bits per heavy atom. The van der Waals surface area contributed by atoms with Crippen LogP contribution in [0.5, 0.6) is 0 Å². The number of carbonyl (C=O) groups is 2. The number of nitrogens with one attached hydrogen (secondary N) is 1. The zero-order chi connectivity index (χ0) is 13.7. The zero-order valence-corrected chi connectivity index (χ0v) is 11.3. The van der Waals surface area contributed by atoms with E-state index in [1.165, 1.54) is 0 Å². The van der Waals surface area contributed by atoms with Crippen molar-refractivity contribution in [1.82, 2.24) is 15.1 Å². The molecule has 2 N–H and O–H groups in total. The number of rotatable bonds is 4. The highest BCUT2D eigenvalue weighted by Gasteiger charge is 2.27. The molecule has 2 amide bonds. The van der Waals surface area contributed by atoms with Gasteiger partial charge in [-0.25, -0.2) is 9.59 Å². The van der Waals surface area contributed by atoms with Crippen molar-refractivity contribution >= 4 is 12.0 Å². The van der Waals surface area contributed by atoms with Crippen molar-refractivity contribution in [3.63, 3.8) is 0 Å². The molecule has 0 bridgehead atoms. The minimum Gasteiger partial charge on any atom is -0.480 e. The van der Waals surface area contributed by atoms with E-state index >= 15 is 0 Å². The maximum absolute atomic E-state index is 11.9. The summed E-state index contributed by atoms with van der Waals surface area (Å²) >= 11 is 0. The van der Waals surface area contributed by atoms with E-state index in [1.807, 2.05) is 0 Å². The van der Waals surface area contributed by atoms with E-state index in [2.05, 4.69) is 24.1 Å². The monoisotopic (exact) mass is 257 g/mol. The number of carboxylic acid groups (broad SMARTS) is 1. The fraction of sp³-hybridized carbons (Fsp3) is 0.833. The highest BCUT2D eigenvalue weighted by molar-refractivity contribution is 5.82. The summed E-state index contributed by atoms with van der Waals surface area (Å²) in [5, 5.41) is 11.5. The van der Waals surface area contributed by atoms with Crippen LogP contribution in [0.3, 0.4) is 0 Å². The number of carbonyl (C=O) groups excluding carboxylic acids is 1. The standard InChI is InChI=1S/C12H23N3O3/c1-4-10(11(16)17)13-12(18)15-7-6-14(5-2)9(3)8-15/h9-10H,4-8H2,1-3H3,(H,13,18)(H,16,17)/t9?,10-/m1/s1. The van der Waals surface area contributed by atoms with Gasteiger partial charge in [0.2, 0.25) is 0 Å². The lowest BCUT2D eigenvalue weighted by molar-refractivity contribution is -0.139. The Balaban J connectivity index is 2.51. The average Bonchev–Trinajstić information content (AvgIpc) is 2.35. The van der Waals surface area contributed by atoms with Gasteiger partial charge in [-0.2, -0.15) is 0 Å². The highest BCUT2D eigenvalue weighted by Crippen LogP contribution is 2.09. The van der Waals surface area contributed by atoms with Crippen LogP contribution in [0.2, 0.25) is 0 Å². The maximum Gasteiger partial charge on any atom is 0.326 e. The second-order valence-electron chi connectivity index (χ2n) is 4.67. The first-order valence-electron chi connectivity index (χ1n) is 6.51. The van der Waals surface area contributed by atoms with Gasteiger partial charge in [0.05, 0.1) is 0 Å². The Morgan fingerprint density at radius 3 is 2.50 bits per heavy atom. The molecular weight excluding hydrogens is 234 g/mol. The lowest BCUT2D eigenvalue weighted by Gasteiger charge is -2.39. The fourth-order valence-corrected chi connectivity index (χ4v) is 2.23. The topological polar surface area (TPSA) is 72.9 Å². The molecule has 18 heavy (non-hydrogen) atoms. The summed E-state index contributed by atoms with van der Waals surface area (Å²) in [5.41, 5.74) is 0. The van der Waals surface area contributed by atoms with E-state index in [4.69, 9.17) is 5.11 Å². The Morgan fingerprint density at radius 2 is 2.06 bits per heavy atom. The SMILES string of the molecule is CC[C@@H](NC(=O)N1CCN(CC)C(C)C1)C(=O)O. The average molecular weight is 257 g/mol. The molecule has 0 aromatic heterocycles. The van der Waals surface area contributed by atoms with Crippen LogP contribution in [0, 0.1) is 0 Å². The van der Waals surface area contributed by atoms with Gasteiger partial charge in [0.15, 0.2) is 0 Å². The molecular formula is C12H23N3O3. The van der Waals surface area contributed by atoms with Crippen molar-refractivity contribution in [3.05, 3.63) is 0 Å². The molecule has 1 aliphatic heterocycles. The highest BCUT2D eigenvalue weighted by atomic mass is 16.4. The number of aliphatic carboxylic acids is 1. The molecule has 1 fully saturated rings. The summed E-state index contributed by atoms with van der Waals surface area (Å²) in [5.74, 6) is -0.980. The van der Waals surface area contributed by atoms with E-state index < -0.39 is 12.0 Å². The van der Waals surface area contributed by atoms with Gasteiger partial charge in [-0.15, -0.1) is 0 Å². The summed E-state index contributed by atoms with van der Waals surface area (Å²) in [6.45, 7) is 9.05. The van der Waals surface area contributed by atoms with Crippen LogP contribution in [0.1, 0.15) is 27.2 Å². The van der Waals surface area contributed by atoms with Crippen molar-refractivity contribution in [1.29, 1.82) is 0 Å². The van der Waals surface area contributed by atoms with Crippen LogP contribution >= 0.6 is 0 Å². The summed E-state index contributed by atoms with van der Waals surface area (Å²) < 4.78 is 0. The van der Waals surface area contributed by atoms with Crippen molar-refractivity contribution in [3.8, 4) is 0 Å². The number of piperazine rings is 1. The smallest absolute Gasteiger partial charge is 0.326 e. The molecule has 0 saturated carbocycles. The maximum atomic E-state index is 11.9. The van der Waals surface area contributed by atoms with Crippen LogP contribution in [-0.4, -0.2) is 65.2 Å². The third-order valence-electron chi connectivity index (χ3n) is 3.46. The predicted octanol–water partition coefficient (Wildman–Crippen LogP) is 0.585. The van der Waals surface area contributed by atoms with Gasteiger partial charge in [0.25, 0.3) is 0 Å². The van der Waals surface area contributed by atoms with Gasteiger partial charge in [0.1, 0.15) is 6.04 Å². The lowest BCUT2D eigenvalue weighted by atomic mass is 10.2. The van der Waals surface area contributed by atoms with Crippen molar-refractivity contribution < 1.29 is 14.7 Å². The van der Waals surface area contributed by atoms with Crippen LogP contribution in [0.15, 0.2) is 0 Å². The van der Waals surface area contributed by atoms with E-state index in [1.54, 1.807) is 11.8 Å². The van der Waals surface area contributed by atoms with Gasteiger partial charge in [-0.3, -0.25) is 4.90 Å². The largest absolute Gasteiger partial charge is 0.480 e. The van der Waals surface area contributed by atoms with Gasteiger partial charge in [-0.1, -0.05) is 13.8 Å². The molecule has 1 saturated heterocycles. The van der Waals surface area contributed by atoms with Gasteiger partial charge >= 0.3 is 12.0 Å². The molecule has 104 valence electrons. The number of nitrogens with zero attached hydrogens (tertiary/aromatic N) is 2. The first-order valence-corrected chi connectivity index (χ1v) is 6.51. The Bertz CT molecular complexity index is 309. The van der Waals surface area contributed by atoms with Crippen LogP contribution in [0.25, 0.3) is 0 Å². The number of hydrogen-bond acceptors (Lipinski definition) is 3. The fourth-order valence-electron chi connectivity index (χ4n) is 2.23. The van der Waals surface area contributed by atoms with Crippen molar-refractivity contribution in [2.75, 3.05) is 26.2 Å². The zero-order valence-electron chi connectivity index (χ0n) is 11.3. The van der Waals surface area contributed by atoms with Gasteiger partial charge < -0.3 is 15.3 Å². The summed E-state index contributed by atoms with van der Waals surface area (Å²) in [6.07, 6.45) is 0.394. The lowest BCUT2D eigenvalue weighted by Crippen LogP contribution is -2.57. The minimum absolute atomic E-state index is 0.271. The summed E-state index contributed by atoms with van der Waals surface area (Å²) in [4.78, 5) is 26.8. The normalized spacial score (nSPS) is 22.6. The quantitative estimate of drug-likeness (QED) is 0.773. The molecule has 1 rings (SSSR count). The molecule has 0 aliphatic carbocycles. The second-order valence-corrected chi connectivity index (χ2v) is 4.67. The number of urea groups is 1. The second kappa shape index (κ2) is 6.58. The molecule has 6 nitrogen and oxygen atoms in total. The third kappa shape index (κ3) is 3.60. The number of likely N-dealkylation sites (N-methyl/N-ethyl adjacent to an activating group) is 1. The number of carboxylic acids is 1. The van der Waals surface area contributed by atoms with Gasteiger partial charge in [0, 0.05) is 25.7 Å². The summed E-state index contributed by atoms with van der Waals surface area (Å²) in [6, 6.07) is -0.747. The Labute approximate surface area is 108 Å². The molecule has 1 unspecified atom stereocenters. The Kier molecular flexibility index (Phi) is 5.40. The van der Waals surface area contributed by atoms with E-state index in [9.17, 15) is 9.59 Å². The third-order valence-corrected chi connectivity index (χ3v) is 3.46. The van der Waals surface area contributed by atoms with Crippen LogP contribution < -0.4 is 5.32 Å². The molecule has 6 heteroatoms.